The quantitative estimate of drug-likeness (QED) is 0.498. The molecule has 2 atom stereocenters. The van der Waals surface area contributed by atoms with Crippen molar-refractivity contribution < 1.29 is 19.0 Å². The molecule has 2 heterocycles. The Hall–Kier alpha value is -0.610. The van der Waals surface area contributed by atoms with Crippen molar-refractivity contribution in [2.45, 2.75) is 38.3 Å². The first-order valence-electron chi connectivity index (χ1n) is 4.08. The second-order valence-corrected chi connectivity index (χ2v) is 3.60. The lowest BCUT2D eigenvalue weighted by Crippen LogP contribution is -2.46. The normalized spacial score (nSPS) is 39.0. The molecule has 0 aromatic rings. The van der Waals surface area contributed by atoms with E-state index in [4.69, 9.17) is 14.2 Å². The lowest BCUT2D eigenvalue weighted by Gasteiger charge is -2.36. The maximum Gasteiger partial charge on any atom is 0.309 e. The smallest absolute Gasteiger partial charge is 0.309 e. The fraction of sp³-hybridized carbons (Fsp3) is 0.875. The second-order valence-electron chi connectivity index (χ2n) is 3.60. The molecule has 0 aliphatic carbocycles. The van der Waals surface area contributed by atoms with Crippen molar-refractivity contribution in [3.05, 3.63) is 0 Å². The Morgan fingerprint density at radius 2 is 2.17 bits per heavy atom. The molecule has 4 nitrogen and oxygen atoms in total. The highest BCUT2D eigenvalue weighted by atomic mass is 16.7. The fourth-order valence-corrected chi connectivity index (χ4v) is 1.53. The predicted molar refractivity (Wildman–Crippen MR) is 39.4 cm³/mol. The predicted octanol–water partition coefficient (Wildman–Crippen LogP) is 0.453. The van der Waals surface area contributed by atoms with Crippen molar-refractivity contribution in [2.75, 3.05) is 6.61 Å². The van der Waals surface area contributed by atoms with Gasteiger partial charge in [0.1, 0.15) is 6.10 Å². The van der Waals surface area contributed by atoms with Gasteiger partial charge in [0.25, 0.3) is 0 Å². The molecule has 2 aliphatic rings. The van der Waals surface area contributed by atoms with E-state index in [-0.39, 0.29) is 18.2 Å². The number of carbonyl (C=O) groups is 1. The third kappa shape index (κ3) is 1.32. The SMILES string of the molecule is CC1(C)OCC2OC(=O)CC2O1. The highest BCUT2D eigenvalue weighted by Crippen LogP contribution is 2.29. The summed E-state index contributed by atoms with van der Waals surface area (Å²) in [5.74, 6) is -0.763. The molecule has 2 rings (SSSR count). The first kappa shape index (κ1) is 8.01. The largest absolute Gasteiger partial charge is 0.457 e. The van der Waals surface area contributed by atoms with E-state index in [1.165, 1.54) is 0 Å². The Bertz CT molecular complexity index is 211. The minimum Gasteiger partial charge on any atom is -0.457 e. The molecule has 4 heteroatoms. The minimum absolute atomic E-state index is 0.110. The van der Waals surface area contributed by atoms with Gasteiger partial charge in [-0.1, -0.05) is 0 Å². The molecule has 0 saturated carbocycles. The highest BCUT2D eigenvalue weighted by Gasteiger charge is 2.44. The van der Waals surface area contributed by atoms with Crippen molar-refractivity contribution in [1.29, 1.82) is 0 Å². The molecule has 0 spiro atoms. The summed E-state index contributed by atoms with van der Waals surface area (Å²) in [6, 6.07) is 0. The van der Waals surface area contributed by atoms with Crippen molar-refractivity contribution in [3.8, 4) is 0 Å². The molecule has 0 aromatic carbocycles. The molecule has 0 amide bonds. The maximum absolute atomic E-state index is 10.9. The van der Waals surface area contributed by atoms with Gasteiger partial charge < -0.3 is 14.2 Å². The Labute approximate surface area is 70.8 Å². The van der Waals surface area contributed by atoms with E-state index in [0.29, 0.717) is 13.0 Å². The molecule has 2 saturated heterocycles. The Kier molecular flexibility index (Phi) is 1.63. The zero-order valence-electron chi connectivity index (χ0n) is 7.20. The van der Waals surface area contributed by atoms with Gasteiger partial charge in [-0.05, 0) is 13.8 Å². The van der Waals surface area contributed by atoms with Gasteiger partial charge in [-0.3, -0.25) is 4.79 Å². The second kappa shape index (κ2) is 2.44. The van der Waals surface area contributed by atoms with Crippen molar-refractivity contribution in [2.24, 2.45) is 0 Å². The Balaban J connectivity index is 2.06. The van der Waals surface area contributed by atoms with E-state index in [0.717, 1.165) is 0 Å². The zero-order chi connectivity index (χ0) is 8.77. The van der Waals surface area contributed by atoms with Crippen LogP contribution in [0.5, 0.6) is 0 Å². The van der Waals surface area contributed by atoms with E-state index >= 15 is 0 Å². The minimum atomic E-state index is -0.574. The number of carbonyl (C=O) groups excluding carboxylic acids is 1. The summed E-state index contributed by atoms with van der Waals surface area (Å²) in [4.78, 5) is 10.9. The first-order chi connectivity index (χ1) is 5.57. The van der Waals surface area contributed by atoms with Crippen molar-refractivity contribution in [1.82, 2.24) is 0 Å². The molecule has 0 aromatic heterocycles. The molecule has 2 fully saturated rings. The molecule has 0 bridgehead atoms. The van der Waals surface area contributed by atoms with E-state index < -0.39 is 5.79 Å². The highest BCUT2D eigenvalue weighted by molar-refractivity contribution is 5.72. The standard InChI is InChI=1S/C8H12O4/c1-8(2)10-4-6-5(12-8)3-7(9)11-6/h5-6H,3-4H2,1-2H3. The third-order valence-electron chi connectivity index (χ3n) is 2.10. The molecular weight excluding hydrogens is 160 g/mol. The number of hydrogen-bond acceptors (Lipinski definition) is 4. The van der Waals surface area contributed by atoms with Gasteiger partial charge in [0.05, 0.1) is 13.0 Å². The number of esters is 1. The van der Waals surface area contributed by atoms with Gasteiger partial charge in [0.15, 0.2) is 11.9 Å². The summed E-state index contributed by atoms with van der Waals surface area (Å²) < 4.78 is 15.8. The van der Waals surface area contributed by atoms with Crippen LogP contribution < -0.4 is 0 Å². The van der Waals surface area contributed by atoms with Crippen molar-refractivity contribution in [3.63, 3.8) is 0 Å². The van der Waals surface area contributed by atoms with Gasteiger partial charge in [0, 0.05) is 0 Å². The first-order valence-corrected chi connectivity index (χ1v) is 4.08. The average Bonchev–Trinajstić information content (AvgIpc) is 2.26. The molecule has 0 N–H and O–H groups in total. The average molecular weight is 172 g/mol. The van der Waals surface area contributed by atoms with Crippen LogP contribution in [0.1, 0.15) is 20.3 Å². The molecular formula is C8H12O4. The third-order valence-corrected chi connectivity index (χ3v) is 2.10. The lowest BCUT2D eigenvalue weighted by atomic mass is 10.1. The Morgan fingerprint density at radius 1 is 1.42 bits per heavy atom. The lowest BCUT2D eigenvalue weighted by molar-refractivity contribution is -0.291. The molecule has 68 valence electrons. The maximum atomic E-state index is 10.9. The summed E-state index contributed by atoms with van der Waals surface area (Å²) in [6.07, 6.45) is 0.0593. The van der Waals surface area contributed by atoms with Crippen LogP contribution in [0, 0.1) is 0 Å². The number of rotatable bonds is 0. The number of ether oxygens (including phenoxy) is 3. The zero-order valence-corrected chi connectivity index (χ0v) is 7.20. The fourth-order valence-electron chi connectivity index (χ4n) is 1.53. The van der Waals surface area contributed by atoms with Crippen molar-refractivity contribution >= 4 is 5.97 Å². The summed E-state index contributed by atoms with van der Waals surface area (Å²) >= 11 is 0. The van der Waals surface area contributed by atoms with E-state index in [2.05, 4.69) is 0 Å². The van der Waals surface area contributed by atoms with Crippen LogP contribution in [0.15, 0.2) is 0 Å². The van der Waals surface area contributed by atoms with Crippen LogP contribution >= 0.6 is 0 Å². The van der Waals surface area contributed by atoms with Gasteiger partial charge in [-0.15, -0.1) is 0 Å². The molecule has 2 aliphatic heterocycles. The summed E-state index contributed by atoms with van der Waals surface area (Å²) in [5, 5.41) is 0. The van der Waals surface area contributed by atoms with Crippen LogP contribution in [-0.2, 0) is 19.0 Å². The van der Waals surface area contributed by atoms with Gasteiger partial charge in [-0.25, -0.2) is 0 Å². The van der Waals surface area contributed by atoms with E-state index in [1.807, 2.05) is 13.8 Å². The topological polar surface area (TPSA) is 44.8 Å². The van der Waals surface area contributed by atoms with Gasteiger partial charge >= 0.3 is 5.97 Å². The summed E-state index contributed by atoms with van der Waals surface area (Å²) in [6.45, 7) is 4.13. The molecule has 0 radical (unpaired) electrons. The van der Waals surface area contributed by atoms with Crippen LogP contribution in [0.2, 0.25) is 0 Å². The Morgan fingerprint density at radius 3 is 2.92 bits per heavy atom. The van der Waals surface area contributed by atoms with Gasteiger partial charge in [-0.2, -0.15) is 0 Å². The summed E-state index contributed by atoms with van der Waals surface area (Å²) in [5.41, 5.74) is 0. The van der Waals surface area contributed by atoms with Crippen LogP contribution in [0.25, 0.3) is 0 Å². The number of hydrogen-bond donors (Lipinski definition) is 0. The van der Waals surface area contributed by atoms with Crippen LogP contribution in [0.3, 0.4) is 0 Å². The van der Waals surface area contributed by atoms with E-state index in [9.17, 15) is 4.79 Å². The number of fused-ring (bicyclic) bond motifs is 1. The van der Waals surface area contributed by atoms with Crippen LogP contribution in [0.4, 0.5) is 0 Å². The summed E-state index contributed by atoms with van der Waals surface area (Å²) in [7, 11) is 0. The van der Waals surface area contributed by atoms with Gasteiger partial charge in [0.2, 0.25) is 0 Å². The van der Waals surface area contributed by atoms with E-state index in [1.54, 1.807) is 0 Å². The molecule has 12 heavy (non-hydrogen) atoms. The monoisotopic (exact) mass is 172 g/mol. The van der Waals surface area contributed by atoms with Crippen LogP contribution in [-0.4, -0.2) is 30.6 Å². The molecule has 2 unspecified atom stereocenters.